The lowest BCUT2D eigenvalue weighted by atomic mass is 9.95. The zero-order chi connectivity index (χ0) is 28.6. The van der Waals surface area contributed by atoms with Crippen LogP contribution in [-0.4, -0.2) is 49.9 Å². The van der Waals surface area contributed by atoms with Gasteiger partial charge in [-0.05, 0) is 55.8 Å². The van der Waals surface area contributed by atoms with Crippen LogP contribution < -0.4 is 25.5 Å². The minimum atomic E-state index is -1.13. The van der Waals surface area contributed by atoms with Crippen LogP contribution in [0, 0.1) is 0 Å². The fraction of sp³-hybridized carbons (Fsp3) is 0.250. The molecule has 40 heavy (non-hydrogen) atoms. The molecule has 1 aromatic heterocycles. The highest BCUT2D eigenvalue weighted by Crippen LogP contribution is 2.35. The van der Waals surface area contributed by atoms with E-state index >= 15 is 0 Å². The number of carbonyl (C=O) groups is 2. The van der Waals surface area contributed by atoms with Crippen LogP contribution in [0.25, 0.3) is 11.3 Å². The quantitative estimate of drug-likeness (QED) is 0.109. The first-order chi connectivity index (χ1) is 19.3. The zero-order valence-electron chi connectivity index (χ0n) is 22.1. The van der Waals surface area contributed by atoms with E-state index in [2.05, 4.69) is 37.1 Å². The van der Waals surface area contributed by atoms with Crippen molar-refractivity contribution in [3.05, 3.63) is 81.7 Å². The third-order valence-corrected chi connectivity index (χ3v) is 6.32. The van der Waals surface area contributed by atoms with Crippen LogP contribution in [-0.2, 0) is 9.53 Å². The summed E-state index contributed by atoms with van der Waals surface area (Å²) < 4.78 is 23.1. The minimum Gasteiger partial charge on any atom is -0.490 e. The van der Waals surface area contributed by atoms with E-state index in [1.54, 1.807) is 31.2 Å². The molecule has 0 unspecified atom stereocenters. The maximum absolute atomic E-state index is 12.4. The van der Waals surface area contributed by atoms with Crippen molar-refractivity contribution in [1.82, 2.24) is 16.1 Å². The number of aliphatic hydroxyl groups is 1. The Morgan fingerprint density at radius 1 is 1.20 bits per heavy atom. The van der Waals surface area contributed by atoms with Crippen molar-refractivity contribution >= 4 is 34.1 Å². The Labute approximate surface area is 239 Å². The van der Waals surface area contributed by atoms with Gasteiger partial charge in [0.15, 0.2) is 17.7 Å². The van der Waals surface area contributed by atoms with Gasteiger partial charge in [-0.3, -0.25) is 5.43 Å². The third-order valence-electron chi connectivity index (χ3n) is 5.82. The average molecular weight is 613 g/mol. The van der Waals surface area contributed by atoms with Crippen LogP contribution in [0.2, 0.25) is 0 Å². The van der Waals surface area contributed by atoms with E-state index in [1.807, 2.05) is 37.3 Å². The van der Waals surface area contributed by atoms with E-state index in [4.69, 9.17) is 18.6 Å². The predicted octanol–water partition coefficient (Wildman–Crippen LogP) is 4.23. The molecule has 2 amide bonds. The van der Waals surface area contributed by atoms with Crippen molar-refractivity contribution in [3.63, 3.8) is 0 Å². The normalized spacial score (nSPS) is 15.8. The van der Waals surface area contributed by atoms with Crippen molar-refractivity contribution in [1.29, 1.82) is 0 Å². The Morgan fingerprint density at radius 2 is 2.02 bits per heavy atom. The summed E-state index contributed by atoms with van der Waals surface area (Å²) >= 11 is 3.44. The van der Waals surface area contributed by atoms with Crippen LogP contribution in [0.3, 0.4) is 0 Å². The van der Waals surface area contributed by atoms with Gasteiger partial charge in [0, 0.05) is 15.7 Å². The summed E-state index contributed by atoms with van der Waals surface area (Å²) in [7, 11) is 1.28. The standard InChI is InChI=1S/C28H29BrN4O7/c1-4-38-23-13-18(26-25(27(35)37-3)16(2)31-28(36)32-26)8-10-22(23)39-15-24(34)33-30-14-20-9-11-21(40-20)17-6-5-7-19(29)12-17/h5-14,24,26,33-34H,4,15H2,1-3H3,(H2,31,32,36)/b30-14+/t24-,26+/m0/s1. The van der Waals surface area contributed by atoms with Crippen molar-refractivity contribution < 1.29 is 33.3 Å². The lowest BCUT2D eigenvalue weighted by molar-refractivity contribution is -0.136. The molecule has 1 aliphatic heterocycles. The number of carbonyl (C=O) groups excluding carboxylic acids is 2. The Bertz CT molecular complexity index is 1440. The molecule has 4 rings (SSSR count). The number of amides is 2. The number of ether oxygens (including phenoxy) is 3. The number of rotatable bonds is 11. The second-order valence-corrected chi connectivity index (χ2v) is 9.54. The number of esters is 1. The van der Waals surface area contributed by atoms with Crippen molar-refractivity contribution in [2.24, 2.45) is 5.10 Å². The summed E-state index contributed by atoms with van der Waals surface area (Å²) in [5.41, 5.74) is 4.77. The molecule has 0 fully saturated rings. The van der Waals surface area contributed by atoms with Gasteiger partial charge >= 0.3 is 12.0 Å². The van der Waals surface area contributed by atoms with Gasteiger partial charge in [0.05, 0.1) is 31.5 Å². The predicted molar refractivity (Wildman–Crippen MR) is 151 cm³/mol. The van der Waals surface area contributed by atoms with Crippen LogP contribution in [0.4, 0.5) is 4.79 Å². The van der Waals surface area contributed by atoms with Crippen LogP contribution in [0.15, 0.2) is 79.9 Å². The second-order valence-electron chi connectivity index (χ2n) is 8.63. The Balaban J connectivity index is 1.39. The molecule has 0 spiro atoms. The number of urea groups is 1. The molecule has 0 aliphatic carbocycles. The van der Waals surface area contributed by atoms with E-state index < -0.39 is 24.3 Å². The SMILES string of the molecule is CCOc1cc([C@H]2NC(=O)NC(C)=C2C(=O)OC)ccc1OC[C@H](O)N/N=C/c1ccc(-c2cccc(Br)c2)o1. The topological polar surface area (TPSA) is 144 Å². The van der Waals surface area contributed by atoms with Gasteiger partial charge in [-0.2, -0.15) is 5.10 Å². The number of aliphatic hydroxyl groups excluding tert-OH is 1. The fourth-order valence-electron chi connectivity index (χ4n) is 4.03. The van der Waals surface area contributed by atoms with E-state index in [9.17, 15) is 14.7 Å². The molecule has 12 heteroatoms. The number of halogens is 1. The molecule has 2 atom stereocenters. The highest BCUT2D eigenvalue weighted by molar-refractivity contribution is 9.10. The molecule has 1 aliphatic rings. The third kappa shape index (κ3) is 7.01. The first-order valence-electron chi connectivity index (χ1n) is 12.4. The lowest BCUT2D eigenvalue weighted by Crippen LogP contribution is -2.45. The molecule has 0 radical (unpaired) electrons. The summed E-state index contributed by atoms with van der Waals surface area (Å²) in [6.45, 7) is 3.64. The van der Waals surface area contributed by atoms with Gasteiger partial charge < -0.3 is 34.4 Å². The van der Waals surface area contributed by atoms with Gasteiger partial charge in [-0.25, -0.2) is 9.59 Å². The van der Waals surface area contributed by atoms with E-state index in [1.165, 1.54) is 13.3 Å². The van der Waals surface area contributed by atoms with E-state index in [0.29, 0.717) is 40.9 Å². The summed E-state index contributed by atoms with van der Waals surface area (Å²) in [4.78, 5) is 24.5. The smallest absolute Gasteiger partial charge is 0.337 e. The number of allylic oxidation sites excluding steroid dienone is 1. The molecular formula is C28H29BrN4O7. The molecular weight excluding hydrogens is 584 g/mol. The van der Waals surface area contributed by atoms with Crippen LogP contribution in [0.5, 0.6) is 11.5 Å². The molecule has 4 N–H and O–H groups in total. The van der Waals surface area contributed by atoms with Gasteiger partial charge in [0.2, 0.25) is 0 Å². The van der Waals surface area contributed by atoms with Gasteiger partial charge in [0.25, 0.3) is 0 Å². The summed E-state index contributed by atoms with van der Waals surface area (Å²) in [6.07, 6.45) is 0.317. The lowest BCUT2D eigenvalue weighted by Gasteiger charge is -2.28. The van der Waals surface area contributed by atoms with Crippen LogP contribution >= 0.6 is 15.9 Å². The maximum Gasteiger partial charge on any atom is 0.337 e. The Hall–Kier alpha value is -4.29. The summed E-state index contributed by atoms with van der Waals surface area (Å²) in [5, 5.41) is 19.7. The first kappa shape index (κ1) is 28.7. The number of hydrazone groups is 1. The summed E-state index contributed by atoms with van der Waals surface area (Å²) in [5.74, 6) is 1.36. The molecule has 0 bridgehead atoms. The Kier molecular flexibility index (Phi) is 9.46. The zero-order valence-corrected chi connectivity index (χ0v) is 23.7. The Morgan fingerprint density at radius 3 is 2.77 bits per heavy atom. The maximum atomic E-state index is 12.4. The molecule has 0 saturated heterocycles. The number of hydrogen-bond donors (Lipinski definition) is 4. The first-order valence-corrected chi connectivity index (χ1v) is 13.2. The average Bonchev–Trinajstić information content (AvgIpc) is 3.41. The highest BCUT2D eigenvalue weighted by Gasteiger charge is 2.32. The van der Waals surface area contributed by atoms with E-state index in [-0.39, 0.29) is 12.2 Å². The number of furan rings is 1. The number of benzene rings is 2. The highest BCUT2D eigenvalue weighted by atomic mass is 79.9. The number of hydrogen-bond acceptors (Lipinski definition) is 9. The second kappa shape index (κ2) is 13.2. The molecule has 2 heterocycles. The number of methoxy groups -OCH3 is 1. The molecule has 2 aromatic carbocycles. The van der Waals surface area contributed by atoms with Gasteiger partial charge in [-0.1, -0.05) is 34.1 Å². The molecule has 3 aromatic rings. The molecule has 0 saturated carbocycles. The molecule has 210 valence electrons. The number of nitrogens with one attached hydrogen (secondary N) is 3. The summed E-state index contributed by atoms with van der Waals surface area (Å²) in [6, 6.07) is 15.2. The monoisotopic (exact) mass is 612 g/mol. The molecule has 11 nitrogen and oxygen atoms in total. The van der Waals surface area contributed by atoms with Crippen molar-refractivity contribution in [3.8, 4) is 22.8 Å². The van der Waals surface area contributed by atoms with E-state index in [0.717, 1.165) is 10.0 Å². The number of nitrogens with zero attached hydrogens (tertiary/aromatic N) is 1. The largest absolute Gasteiger partial charge is 0.490 e. The minimum absolute atomic E-state index is 0.144. The van der Waals surface area contributed by atoms with Gasteiger partial charge in [-0.15, -0.1) is 0 Å². The fourth-order valence-corrected chi connectivity index (χ4v) is 4.43. The van der Waals surface area contributed by atoms with Crippen molar-refractivity contribution in [2.75, 3.05) is 20.3 Å². The van der Waals surface area contributed by atoms with Crippen LogP contribution in [0.1, 0.15) is 31.2 Å². The van der Waals surface area contributed by atoms with Crippen molar-refractivity contribution in [2.45, 2.75) is 26.1 Å². The van der Waals surface area contributed by atoms with Gasteiger partial charge in [0.1, 0.15) is 18.1 Å².